The molecule has 0 N–H and O–H groups in total. The van der Waals surface area contributed by atoms with Gasteiger partial charge in [-0.15, -0.1) is 0 Å². The van der Waals surface area contributed by atoms with E-state index in [1.54, 1.807) is 18.2 Å². The first-order valence-corrected chi connectivity index (χ1v) is 6.07. The fraction of sp³-hybridized carbons (Fsp3) is 0.417. The van der Waals surface area contributed by atoms with Crippen LogP contribution in [0, 0.1) is 17.9 Å². The van der Waals surface area contributed by atoms with Crippen LogP contribution in [0.2, 0.25) is 0 Å². The number of alkyl halides is 3. The van der Waals surface area contributed by atoms with Crippen molar-refractivity contribution in [3.8, 4) is 6.07 Å². The van der Waals surface area contributed by atoms with Crippen LogP contribution in [0.3, 0.4) is 0 Å². The summed E-state index contributed by atoms with van der Waals surface area (Å²) in [6.45, 7) is 7.01. The summed E-state index contributed by atoms with van der Waals surface area (Å²) >= 11 is 3.13. The number of nitrogens with zero attached hydrogens (tertiary/aromatic N) is 3. The molecule has 0 saturated carbocycles. The van der Waals surface area contributed by atoms with Gasteiger partial charge in [0.1, 0.15) is 4.60 Å². The van der Waals surface area contributed by atoms with Gasteiger partial charge in [-0.25, -0.2) is 11.6 Å². The number of rotatable bonds is 4. The third kappa shape index (κ3) is 4.88. The second-order valence-corrected chi connectivity index (χ2v) is 4.85. The first-order chi connectivity index (χ1) is 8.80. The van der Waals surface area contributed by atoms with E-state index < -0.39 is 24.6 Å². The second-order valence-electron chi connectivity index (χ2n) is 4.04. The summed E-state index contributed by atoms with van der Waals surface area (Å²) in [5.74, 6) is 0. The molecule has 1 unspecified atom stereocenters. The normalized spacial score (nSPS) is 14.2. The number of aromatic nitrogens is 1. The third-order valence-electron chi connectivity index (χ3n) is 2.53. The maximum atomic E-state index is 12.2. The van der Waals surface area contributed by atoms with Gasteiger partial charge in [0.2, 0.25) is 0 Å². The highest BCUT2D eigenvalue weighted by molar-refractivity contribution is 9.10. The van der Waals surface area contributed by atoms with Crippen molar-refractivity contribution in [2.75, 3.05) is 0 Å². The van der Waals surface area contributed by atoms with Crippen molar-refractivity contribution in [1.82, 2.24) is 4.98 Å². The highest BCUT2D eigenvalue weighted by Gasteiger charge is 2.41. The van der Waals surface area contributed by atoms with Gasteiger partial charge in [0, 0.05) is 12.6 Å². The second kappa shape index (κ2) is 6.03. The predicted octanol–water partition coefficient (Wildman–Crippen LogP) is 3.91. The molecule has 3 nitrogen and oxygen atoms in total. The lowest BCUT2D eigenvalue weighted by molar-refractivity contribution is -0.136. The molecule has 0 fully saturated rings. The van der Waals surface area contributed by atoms with Crippen molar-refractivity contribution in [2.45, 2.75) is 31.0 Å². The van der Waals surface area contributed by atoms with E-state index in [1.807, 2.05) is 0 Å². The molecule has 1 aromatic heterocycles. The molecule has 0 aromatic carbocycles. The Balaban J connectivity index is 2.86. The summed E-state index contributed by atoms with van der Waals surface area (Å²) in [6, 6.07) is 4.95. The molecule has 0 saturated heterocycles. The van der Waals surface area contributed by atoms with Gasteiger partial charge in [0.05, 0.1) is 12.8 Å². The number of halogens is 4. The van der Waals surface area contributed by atoms with E-state index in [0.717, 1.165) is 0 Å². The van der Waals surface area contributed by atoms with E-state index in [1.165, 1.54) is 6.20 Å². The van der Waals surface area contributed by atoms with Crippen LogP contribution in [-0.2, 0) is 6.42 Å². The molecule has 1 aromatic rings. The van der Waals surface area contributed by atoms with Crippen molar-refractivity contribution in [1.29, 1.82) is 5.26 Å². The number of nitriles is 1. The highest BCUT2D eigenvalue weighted by atomic mass is 79.9. The molecule has 0 aliphatic carbocycles. The molecule has 0 radical (unpaired) electrons. The number of hydrogen-bond donors (Lipinski definition) is 0. The van der Waals surface area contributed by atoms with Crippen molar-refractivity contribution in [3.63, 3.8) is 0 Å². The molecular weight excluding hydrogens is 323 g/mol. The van der Waals surface area contributed by atoms with Crippen molar-refractivity contribution in [2.24, 2.45) is 0 Å². The zero-order valence-corrected chi connectivity index (χ0v) is 11.3. The summed E-state index contributed by atoms with van der Waals surface area (Å²) in [6.07, 6.45) is -4.68. The predicted molar refractivity (Wildman–Crippen MR) is 65.9 cm³/mol. The summed E-state index contributed by atoms with van der Waals surface area (Å²) in [4.78, 5) is 7.03. The highest BCUT2D eigenvalue weighted by Crippen LogP contribution is 2.30. The summed E-state index contributed by atoms with van der Waals surface area (Å²) in [5, 5.41) is 9.03. The largest absolute Gasteiger partial charge is 0.389 e. The van der Waals surface area contributed by atoms with Crippen molar-refractivity contribution < 1.29 is 13.2 Å². The van der Waals surface area contributed by atoms with E-state index in [4.69, 9.17) is 11.8 Å². The average Bonchev–Trinajstić information content (AvgIpc) is 2.36. The Labute approximate surface area is 117 Å². The van der Waals surface area contributed by atoms with E-state index in [0.29, 0.717) is 10.2 Å². The molecule has 0 bridgehead atoms. The van der Waals surface area contributed by atoms with Crippen molar-refractivity contribution in [3.05, 3.63) is 39.9 Å². The maximum absolute atomic E-state index is 12.2. The molecule has 0 aliphatic rings. The Morgan fingerprint density at radius 3 is 2.47 bits per heavy atom. The van der Waals surface area contributed by atoms with Crippen LogP contribution >= 0.6 is 15.9 Å². The van der Waals surface area contributed by atoms with E-state index in [9.17, 15) is 13.2 Å². The van der Waals surface area contributed by atoms with Crippen LogP contribution in [0.15, 0.2) is 22.9 Å². The van der Waals surface area contributed by atoms with Crippen LogP contribution in [-0.4, -0.2) is 16.7 Å². The molecule has 1 atom stereocenters. The van der Waals surface area contributed by atoms with Gasteiger partial charge in [0.15, 0.2) is 6.07 Å². The quantitative estimate of drug-likeness (QED) is 0.620. The Kier molecular flexibility index (Phi) is 4.90. The molecule has 7 heteroatoms. The van der Waals surface area contributed by atoms with Gasteiger partial charge in [-0.05, 0) is 27.6 Å². The molecule has 100 valence electrons. The minimum atomic E-state index is -4.37. The standard InChI is InChI=1S/C12H9BrF3N3/c1-18-11(8-17,4-5-12(14,15)16)6-9-2-3-10(13)19-7-9/h2-3,7H,4-6H2. The molecule has 0 aliphatic heterocycles. The van der Waals surface area contributed by atoms with Gasteiger partial charge in [-0.2, -0.15) is 18.4 Å². The summed E-state index contributed by atoms with van der Waals surface area (Å²) < 4.78 is 37.2. The number of hydrogen-bond acceptors (Lipinski definition) is 2. The molecule has 0 spiro atoms. The van der Waals surface area contributed by atoms with Crippen LogP contribution in [0.1, 0.15) is 18.4 Å². The Morgan fingerprint density at radius 2 is 2.05 bits per heavy atom. The molecule has 0 amide bonds. The van der Waals surface area contributed by atoms with Gasteiger partial charge >= 0.3 is 11.7 Å². The van der Waals surface area contributed by atoms with Crippen LogP contribution in [0.4, 0.5) is 13.2 Å². The number of pyridine rings is 1. The summed E-state index contributed by atoms with van der Waals surface area (Å²) in [5.41, 5.74) is -1.13. The minimum Gasteiger partial charge on any atom is -0.294 e. The molecule has 19 heavy (non-hydrogen) atoms. The van der Waals surface area contributed by atoms with Crippen molar-refractivity contribution >= 4 is 15.9 Å². The zero-order valence-electron chi connectivity index (χ0n) is 9.71. The fourth-order valence-electron chi connectivity index (χ4n) is 1.50. The topological polar surface area (TPSA) is 41.0 Å². The average molecular weight is 332 g/mol. The van der Waals surface area contributed by atoms with Gasteiger partial charge < -0.3 is 0 Å². The monoisotopic (exact) mass is 331 g/mol. The van der Waals surface area contributed by atoms with Gasteiger partial charge in [-0.3, -0.25) is 4.85 Å². The van der Waals surface area contributed by atoms with E-state index >= 15 is 0 Å². The minimum absolute atomic E-state index is 0.0661. The Bertz CT molecular complexity index is 497. The lowest BCUT2D eigenvalue weighted by Crippen LogP contribution is -2.28. The maximum Gasteiger partial charge on any atom is 0.389 e. The first-order valence-electron chi connectivity index (χ1n) is 5.27. The van der Waals surface area contributed by atoms with Crippen LogP contribution in [0.25, 0.3) is 4.85 Å². The van der Waals surface area contributed by atoms with Crippen LogP contribution < -0.4 is 0 Å². The van der Waals surface area contributed by atoms with Crippen LogP contribution in [0.5, 0.6) is 0 Å². The SMILES string of the molecule is [C-]#[N+]C(C#N)(CCC(F)(F)F)Cc1ccc(Br)nc1. The van der Waals surface area contributed by atoms with E-state index in [-0.39, 0.29) is 6.42 Å². The smallest absolute Gasteiger partial charge is 0.294 e. The molecule has 1 rings (SSSR count). The van der Waals surface area contributed by atoms with E-state index in [2.05, 4.69) is 25.8 Å². The lowest BCUT2D eigenvalue weighted by atomic mass is 9.89. The summed E-state index contributed by atoms with van der Waals surface area (Å²) in [7, 11) is 0. The Morgan fingerprint density at radius 1 is 1.37 bits per heavy atom. The van der Waals surface area contributed by atoms with Gasteiger partial charge in [-0.1, -0.05) is 6.07 Å². The molecular formula is C12H9BrF3N3. The molecule has 1 heterocycles. The Hall–Kier alpha value is -1.60. The third-order valence-corrected chi connectivity index (χ3v) is 3.00. The first kappa shape index (κ1) is 15.5. The fourth-order valence-corrected chi connectivity index (χ4v) is 1.74. The van der Waals surface area contributed by atoms with Gasteiger partial charge in [0.25, 0.3) is 0 Å². The zero-order chi connectivity index (χ0) is 14.5. The lowest BCUT2D eigenvalue weighted by Gasteiger charge is -2.15.